The Hall–Kier alpha value is -2.10. The number of carbonyl (C=O) groups excluding carboxylic acids is 1. The maximum atomic E-state index is 10.6. The van der Waals surface area contributed by atoms with Crippen LogP contribution < -0.4 is 0 Å². The van der Waals surface area contributed by atoms with E-state index in [1.165, 1.54) is 18.4 Å². The summed E-state index contributed by atoms with van der Waals surface area (Å²) < 4.78 is 4.68. The maximum Gasteiger partial charge on any atom is 0.172 e. The summed E-state index contributed by atoms with van der Waals surface area (Å²) in [6.45, 7) is 0. The van der Waals surface area contributed by atoms with Crippen molar-refractivity contribution in [2.75, 3.05) is 0 Å². The van der Waals surface area contributed by atoms with E-state index in [0.717, 1.165) is 5.56 Å². The van der Waals surface area contributed by atoms with E-state index >= 15 is 0 Å². The summed E-state index contributed by atoms with van der Waals surface area (Å²) in [5, 5.41) is 12.6. The smallest absolute Gasteiger partial charge is 0.172 e. The first-order chi connectivity index (χ1) is 6.81. The van der Waals surface area contributed by atoms with Crippen molar-refractivity contribution in [2.45, 2.75) is 0 Å². The van der Waals surface area contributed by atoms with Gasteiger partial charge >= 0.3 is 0 Å². The van der Waals surface area contributed by atoms with Gasteiger partial charge in [-0.15, -0.1) is 0 Å². The fraction of sp³-hybridized carbons (Fsp3) is 0. The average molecular weight is 189 g/mol. The molecule has 0 saturated heterocycles. The van der Waals surface area contributed by atoms with Gasteiger partial charge in [-0.25, -0.2) is 0 Å². The van der Waals surface area contributed by atoms with E-state index in [0.29, 0.717) is 11.8 Å². The van der Waals surface area contributed by atoms with Crippen molar-refractivity contribution in [1.29, 1.82) is 0 Å². The maximum absolute atomic E-state index is 10.6. The average Bonchev–Trinajstić information content (AvgIpc) is 2.67. The van der Waals surface area contributed by atoms with E-state index < -0.39 is 0 Å². The van der Waals surface area contributed by atoms with Gasteiger partial charge in [0.1, 0.15) is 12.0 Å². The quantitative estimate of drug-likeness (QED) is 0.732. The molecule has 1 N–H and O–H groups in total. The number of nitrogens with zero attached hydrogens (tertiary/aromatic N) is 1. The van der Waals surface area contributed by atoms with E-state index in [-0.39, 0.29) is 11.4 Å². The molecular formula is C10H7NO3. The van der Waals surface area contributed by atoms with Gasteiger partial charge in [0, 0.05) is 0 Å². The number of aldehydes is 1. The van der Waals surface area contributed by atoms with Crippen LogP contribution in [-0.2, 0) is 0 Å². The highest BCUT2D eigenvalue weighted by Gasteiger charge is 2.08. The van der Waals surface area contributed by atoms with Gasteiger partial charge in [-0.1, -0.05) is 17.3 Å². The summed E-state index contributed by atoms with van der Waals surface area (Å²) in [7, 11) is 0. The highest BCUT2D eigenvalue weighted by atomic mass is 16.5. The number of phenolic OH excluding ortho intramolecular Hbond substituents is 1. The lowest BCUT2D eigenvalue weighted by atomic mass is 10.1. The minimum atomic E-state index is 0.179. The molecule has 0 bridgehead atoms. The van der Waals surface area contributed by atoms with Crippen LogP contribution in [0.25, 0.3) is 11.1 Å². The molecule has 1 aromatic carbocycles. The van der Waals surface area contributed by atoms with E-state index in [9.17, 15) is 4.79 Å². The third kappa shape index (κ3) is 1.37. The lowest BCUT2D eigenvalue weighted by Gasteiger charge is -1.96. The van der Waals surface area contributed by atoms with Crippen molar-refractivity contribution in [1.82, 2.24) is 5.16 Å². The van der Waals surface area contributed by atoms with Gasteiger partial charge in [-0.2, -0.15) is 0 Å². The minimum Gasteiger partial charge on any atom is -0.508 e. The van der Waals surface area contributed by atoms with Gasteiger partial charge in [0.05, 0.1) is 5.56 Å². The molecule has 2 aromatic rings. The molecule has 1 aromatic heterocycles. The Morgan fingerprint density at radius 1 is 1.29 bits per heavy atom. The molecule has 70 valence electrons. The van der Waals surface area contributed by atoms with Crippen LogP contribution >= 0.6 is 0 Å². The molecule has 2 rings (SSSR count). The number of carbonyl (C=O) groups is 1. The molecule has 4 nitrogen and oxygen atoms in total. The molecule has 0 spiro atoms. The summed E-state index contributed by atoms with van der Waals surface area (Å²) in [5.41, 5.74) is 1.67. The summed E-state index contributed by atoms with van der Waals surface area (Å²) in [4.78, 5) is 10.6. The number of aromatic hydroxyl groups is 1. The van der Waals surface area contributed by atoms with Crippen molar-refractivity contribution in [3.05, 3.63) is 36.2 Å². The zero-order chi connectivity index (χ0) is 9.97. The molecule has 0 atom stereocenters. The Bertz CT molecular complexity index is 445. The van der Waals surface area contributed by atoms with Crippen molar-refractivity contribution >= 4 is 6.29 Å². The van der Waals surface area contributed by atoms with Gasteiger partial charge in [0.25, 0.3) is 0 Å². The Balaban J connectivity index is 2.49. The second-order valence-corrected chi connectivity index (χ2v) is 2.78. The largest absolute Gasteiger partial charge is 0.508 e. The topological polar surface area (TPSA) is 63.3 Å². The van der Waals surface area contributed by atoms with Crippen LogP contribution in [0.4, 0.5) is 0 Å². The van der Waals surface area contributed by atoms with Gasteiger partial charge in [0.15, 0.2) is 12.0 Å². The predicted octanol–water partition coefficient (Wildman–Crippen LogP) is 1.86. The normalized spacial score (nSPS) is 10.0. The van der Waals surface area contributed by atoms with Crippen molar-refractivity contribution in [2.24, 2.45) is 0 Å². The van der Waals surface area contributed by atoms with Crippen LogP contribution in [0.1, 0.15) is 10.5 Å². The first kappa shape index (κ1) is 8.50. The Kier molecular flexibility index (Phi) is 2.02. The molecule has 4 heteroatoms. The Morgan fingerprint density at radius 2 is 2.00 bits per heavy atom. The van der Waals surface area contributed by atoms with Crippen LogP contribution in [0.15, 0.2) is 35.1 Å². The standard InChI is InChI=1S/C10H7NO3/c12-5-10-9(6-14-11-10)7-1-3-8(13)4-2-7/h1-6,13H. The van der Waals surface area contributed by atoms with Crippen molar-refractivity contribution in [3.8, 4) is 16.9 Å². The summed E-state index contributed by atoms with van der Waals surface area (Å²) in [6, 6.07) is 6.46. The van der Waals surface area contributed by atoms with Gasteiger partial charge in [0.2, 0.25) is 0 Å². The van der Waals surface area contributed by atoms with Gasteiger partial charge < -0.3 is 9.63 Å². The third-order valence-corrected chi connectivity index (χ3v) is 1.89. The molecule has 0 aliphatic heterocycles. The van der Waals surface area contributed by atoms with Gasteiger partial charge in [-0.3, -0.25) is 4.79 Å². The molecule has 0 amide bonds. The van der Waals surface area contributed by atoms with Gasteiger partial charge in [-0.05, 0) is 17.7 Å². The lowest BCUT2D eigenvalue weighted by molar-refractivity contribution is 0.111. The van der Waals surface area contributed by atoms with Crippen LogP contribution in [0.5, 0.6) is 5.75 Å². The van der Waals surface area contributed by atoms with Crippen LogP contribution in [0.2, 0.25) is 0 Å². The highest BCUT2D eigenvalue weighted by molar-refractivity contribution is 5.84. The first-order valence-corrected chi connectivity index (χ1v) is 4.00. The number of hydrogen-bond donors (Lipinski definition) is 1. The SMILES string of the molecule is O=Cc1nocc1-c1ccc(O)cc1. The molecule has 0 saturated carbocycles. The lowest BCUT2D eigenvalue weighted by Crippen LogP contribution is -1.83. The number of aromatic nitrogens is 1. The summed E-state index contributed by atoms with van der Waals surface area (Å²) in [5.74, 6) is 0.179. The Labute approximate surface area is 79.8 Å². The van der Waals surface area contributed by atoms with E-state index in [2.05, 4.69) is 9.68 Å². The molecule has 0 unspecified atom stereocenters. The van der Waals surface area contributed by atoms with Crippen LogP contribution in [-0.4, -0.2) is 16.5 Å². The molecule has 0 aliphatic rings. The van der Waals surface area contributed by atoms with Crippen LogP contribution in [0.3, 0.4) is 0 Å². The monoisotopic (exact) mass is 189 g/mol. The number of benzene rings is 1. The van der Waals surface area contributed by atoms with E-state index in [1.807, 2.05) is 0 Å². The predicted molar refractivity (Wildman–Crippen MR) is 49.0 cm³/mol. The van der Waals surface area contributed by atoms with Crippen molar-refractivity contribution in [3.63, 3.8) is 0 Å². The summed E-state index contributed by atoms with van der Waals surface area (Å²) in [6.07, 6.45) is 2.03. The molecule has 0 fully saturated rings. The minimum absolute atomic E-state index is 0.179. The summed E-state index contributed by atoms with van der Waals surface area (Å²) >= 11 is 0. The van der Waals surface area contributed by atoms with E-state index in [1.54, 1.807) is 12.1 Å². The Morgan fingerprint density at radius 3 is 2.64 bits per heavy atom. The number of phenols is 1. The number of rotatable bonds is 2. The molecule has 0 aliphatic carbocycles. The number of hydrogen-bond acceptors (Lipinski definition) is 4. The fourth-order valence-electron chi connectivity index (χ4n) is 1.19. The second kappa shape index (κ2) is 3.33. The third-order valence-electron chi connectivity index (χ3n) is 1.89. The second-order valence-electron chi connectivity index (χ2n) is 2.78. The first-order valence-electron chi connectivity index (χ1n) is 4.00. The molecule has 1 heterocycles. The van der Waals surface area contributed by atoms with E-state index in [4.69, 9.17) is 5.11 Å². The molecular weight excluding hydrogens is 182 g/mol. The fourth-order valence-corrected chi connectivity index (χ4v) is 1.19. The highest BCUT2D eigenvalue weighted by Crippen LogP contribution is 2.23. The molecule has 14 heavy (non-hydrogen) atoms. The zero-order valence-corrected chi connectivity index (χ0v) is 7.18. The van der Waals surface area contributed by atoms with Crippen molar-refractivity contribution < 1.29 is 14.4 Å². The van der Waals surface area contributed by atoms with Crippen LogP contribution in [0, 0.1) is 0 Å². The zero-order valence-electron chi connectivity index (χ0n) is 7.18. The molecule has 0 radical (unpaired) electrons.